The van der Waals surface area contributed by atoms with Gasteiger partial charge in [0.2, 0.25) is 15.9 Å². The second-order valence-corrected chi connectivity index (χ2v) is 10.8. The molecule has 0 aliphatic carbocycles. The third kappa shape index (κ3) is 6.29. The van der Waals surface area contributed by atoms with E-state index in [0.717, 1.165) is 35.0 Å². The fourth-order valence-electron chi connectivity index (χ4n) is 3.84. The van der Waals surface area contributed by atoms with Gasteiger partial charge in [0.1, 0.15) is 10.6 Å². The molecule has 3 aromatic heterocycles. The highest BCUT2D eigenvalue weighted by Crippen LogP contribution is 2.35. The lowest BCUT2D eigenvalue weighted by molar-refractivity contribution is -0.137. The number of nitrogens with zero attached hydrogens (tertiary/aromatic N) is 3. The number of nitrogens with one attached hydrogen (secondary N) is 1. The lowest BCUT2D eigenvalue weighted by atomic mass is 10.1. The summed E-state index contributed by atoms with van der Waals surface area (Å²) in [6.45, 7) is 5.10. The van der Waals surface area contributed by atoms with Crippen LogP contribution in [0.1, 0.15) is 27.9 Å². The van der Waals surface area contributed by atoms with Crippen molar-refractivity contribution in [3.8, 4) is 22.9 Å². The van der Waals surface area contributed by atoms with Gasteiger partial charge in [-0.3, -0.25) is 9.97 Å². The summed E-state index contributed by atoms with van der Waals surface area (Å²) >= 11 is 6.06. The van der Waals surface area contributed by atoms with Crippen LogP contribution in [0.3, 0.4) is 0 Å². The zero-order valence-electron chi connectivity index (χ0n) is 20.5. The molecule has 0 aliphatic heterocycles. The number of hydrogen-bond donors (Lipinski definition) is 1. The van der Waals surface area contributed by atoms with E-state index in [2.05, 4.69) is 19.7 Å². The summed E-state index contributed by atoms with van der Waals surface area (Å²) in [5, 5.41) is 0.365. The summed E-state index contributed by atoms with van der Waals surface area (Å²) in [7, 11) is -4.30. The van der Waals surface area contributed by atoms with Crippen LogP contribution in [-0.4, -0.2) is 23.4 Å². The zero-order chi connectivity index (χ0) is 27.7. The van der Waals surface area contributed by atoms with Gasteiger partial charge in [-0.15, -0.1) is 0 Å². The van der Waals surface area contributed by atoms with Gasteiger partial charge in [-0.2, -0.15) is 13.2 Å². The molecule has 4 aromatic rings. The van der Waals surface area contributed by atoms with Gasteiger partial charge < -0.3 is 4.74 Å². The van der Waals surface area contributed by atoms with E-state index >= 15 is 0 Å². The number of aromatic nitrogens is 3. The molecule has 0 spiro atoms. The highest BCUT2D eigenvalue weighted by molar-refractivity contribution is 7.89. The van der Waals surface area contributed by atoms with Crippen LogP contribution in [0.5, 0.6) is 11.6 Å². The van der Waals surface area contributed by atoms with Crippen LogP contribution in [0.4, 0.5) is 13.2 Å². The van der Waals surface area contributed by atoms with Gasteiger partial charge in [0.05, 0.1) is 28.5 Å². The summed E-state index contributed by atoms with van der Waals surface area (Å²) in [5.41, 5.74) is 2.39. The predicted octanol–water partition coefficient (Wildman–Crippen LogP) is 6.41. The summed E-state index contributed by atoms with van der Waals surface area (Å²) in [5.74, 6) is 0.211. The first-order chi connectivity index (χ1) is 17.8. The second kappa shape index (κ2) is 10.7. The standard InChI is InChI=1S/C26H22ClF3N4O3S/c1-15-8-16(2)24(17(3)9-15)37-25-23(5-4-22(34-25)18-10-20(27)13-31-12-18)38(35,36)33-14-21-11-19(6-7-32-21)26(28,29)30/h4-13,33H,14H2,1-3H3. The Balaban J connectivity index is 1.74. The quantitative estimate of drug-likeness (QED) is 0.280. The minimum atomic E-state index is -4.59. The van der Waals surface area contributed by atoms with E-state index < -0.39 is 28.3 Å². The van der Waals surface area contributed by atoms with E-state index in [0.29, 0.717) is 22.0 Å². The molecular weight excluding hydrogens is 541 g/mol. The zero-order valence-corrected chi connectivity index (χ0v) is 22.0. The molecule has 1 aromatic carbocycles. The first kappa shape index (κ1) is 27.5. The molecule has 0 aliphatic rings. The van der Waals surface area contributed by atoms with Crippen LogP contribution < -0.4 is 9.46 Å². The molecule has 4 rings (SSSR count). The van der Waals surface area contributed by atoms with Crippen LogP contribution >= 0.6 is 11.6 Å². The smallest absolute Gasteiger partial charge is 0.416 e. The Bertz CT molecular complexity index is 1590. The van der Waals surface area contributed by atoms with Gasteiger partial charge in [-0.25, -0.2) is 18.1 Å². The van der Waals surface area contributed by atoms with E-state index in [4.69, 9.17) is 16.3 Å². The van der Waals surface area contributed by atoms with E-state index in [1.54, 1.807) is 6.07 Å². The first-order valence-electron chi connectivity index (χ1n) is 11.2. The lowest BCUT2D eigenvalue weighted by Crippen LogP contribution is -2.25. The van der Waals surface area contributed by atoms with E-state index in [-0.39, 0.29) is 16.5 Å². The highest BCUT2D eigenvalue weighted by Gasteiger charge is 2.31. The van der Waals surface area contributed by atoms with Gasteiger partial charge >= 0.3 is 6.18 Å². The molecule has 0 unspecified atom stereocenters. The number of hydrogen-bond acceptors (Lipinski definition) is 6. The Labute approximate surface area is 222 Å². The van der Waals surface area contributed by atoms with Crippen LogP contribution in [0.2, 0.25) is 5.02 Å². The predicted molar refractivity (Wildman–Crippen MR) is 136 cm³/mol. The molecule has 0 saturated carbocycles. The molecule has 38 heavy (non-hydrogen) atoms. The Kier molecular flexibility index (Phi) is 7.73. The van der Waals surface area contributed by atoms with Gasteiger partial charge in [-0.05, 0) is 62.2 Å². The fourth-order valence-corrected chi connectivity index (χ4v) is 5.07. The van der Waals surface area contributed by atoms with Crippen molar-refractivity contribution < 1.29 is 26.3 Å². The molecular formula is C26H22ClF3N4O3S. The van der Waals surface area contributed by atoms with Crippen molar-refractivity contribution in [2.45, 2.75) is 38.4 Å². The van der Waals surface area contributed by atoms with Crippen molar-refractivity contribution in [2.24, 2.45) is 0 Å². The molecule has 198 valence electrons. The average Bonchev–Trinajstić information content (AvgIpc) is 2.84. The Morgan fingerprint density at radius 2 is 1.71 bits per heavy atom. The fraction of sp³-hybridized carbons (Fsp3) is 0.192. The van der Waals surface area contributed by atoms with Crippen molar-refractivity contribution >= 4 is 21.6 Å². The maximum atomic E-state index is 13.3. The summed E-state index contributed by atoms with van der Waals surface area (Å²) in [6.07, 6.45) is -0.645. The van der Waals surface area contributed by atoms with Gasteiger partial charge in [0.15, 0.2) is 0 Å². The van der Waals surface area contributed by atoms with E-state index in [1.807, 2.05) is 32.9 Å². The van der Waals surface area contributed by atoms with E-state index in [9.17, 15) is 21.6 Å². The number of alkyl halides is 3. The molecule has 0 radical (unpaired) electrons. The highest BCUT2D eigenvalue weighted by atomic mass is 35.5. The monoisotopic (exact) mass is 562 g/mol. The lowest BCUT2D eigenvalue weighted by Gasteiger charge is -2.16. The number of rotatable bonds is 7. The van der Waals surface area contributed by atoms with Crippen LogP contribution in [0, 0.1) is 20.8 Å². The molecule has 0 bridgehead atoms. The minimum Gasteiger partial charge on any atom is -0.437 e. The number of halogens is 4. The topological polar surface area (TPSA) is 94.1 Å². The number of aryl methyl sites for hydroxylation is 3. The molecule has 3 heterocycles. The summed E-state index contributed by atoms with van der Waals surface area (Å²) in [6, 6.07) is 9.76. The Morgan fingerprint density at radius 3 is 2.37 bits per heavy atom. The van der Waals surface area contributed by atoms with Gasteiger partial charge in [0.25, 0.3) is 0 Å². The maximum Gasteiger partial charge on any atom is 0.416 e. The molecule has 0 atom stereocenters. The molecule has 1 N–H and O–H groups in total. The molecule has 0 fully saturated rings. The van der Waals surface area contributed by atoms with Gasteiger partial charge in [-0.1, -0.05) is 29.3 Å². The molecule has 12 heteroatoms. The SMILES string of the molecule is Cc1cc(C)c(Oc2nc(-c3cncc(Cl)c3)ccc2S(=O)(=O)NCc2cc(C(F)(F)F)ccn2)c(C)c1. The Hall–Kier alpha value is -3.54. The molecule has 0 amide bonds. The third-order valence-corrected chi connectivity index (χ3v) is 7.13. The normalized spacial score (nSPS) is 12.0. The minimum absolute atomic E-state index is 0.106. The summed E-state index contributed by atoms with van der Waals surface area (Å²) in [4.78, 5) is 12.0. The van der Waals surface area contributed by atoms with Crippen molar-refractivity contribution in [1.82, 2.24) is 19.7 Å². The first-order valence-corrected chi connectivity index (χ1v) is 13.1. The van der Waals surface area contributed by atoms with Crippen molar-refractivity contribution in [2.75, 3.05) is 0 Å². The number of ether oxygens (including phenoxy) is 1. The largest absolute Gasteiger partial charge is 0.437 e. The van der Waals surface area contributed by atoms with Crippen LogP contribution in [-0.2, 0) is 22.7 Å². The number of sulfonamides is 1. The maximum absolute atomic E-state index is 13.3. The van der Waals surface area contributed by atoms with Crippen LogP contribution in [0.25, 0.3) is 11.3 Å². The third-order valence-electron chi connectivity index (χ3n) is 5.51. The average molecular weight is 563 g/mol. The van der Waals surface area contributed by atoms with Gasteiger partial charge in [0, 0.05) is 24.2 Å². The molecule has 7 nitrogen and oxygen atoms in total. The molecule has 0 saturated heterocycles. The van der Waals surface area contributed by atoms with Crippen molar-refractivity contribution in [1.29, 1.82) is 0 Å². The number of benzene rings is 1. The van der Waals surface area contributed by atoms with Crippen molar-refractivity contribution in [3.05, 3.63) is 94.0 Å². The summed E-state index contributed by atoms with van der Waals surface area (Å²) < 4.78 is 74.2. The Morgan fingerprint density at radius 1 is 1.00 bits per heavy atom. The van der Waals surface area contributed by atoms with Crippen LogP contribution in [0.15, 0.2) is 66.0 Å². The van der Waals surface area contributed by atoms with Crippen molar-refractivity contribution in [3.63, 3.8) is 0 Å². The second-order valence-electron chi connectivity index (χ2n) is 8.58. The van der Waals surface area contributed by atoms with E-state index in [1.165, 1.54) is 24.5 Å². The number of pyridine rings is 3.